The Bertz CT molecular complexity index is 669. The summed E-state index contributed by atoms with van der Waals surface area (Å²) in [7, 11) is 0. The van der Waals surface area contributed by atoms with Crippen LogP contribution in [0.2, 0.25) is 10.0 Å². The molecule has 1 aliphatic heterocycles. The van der Waals surface area contributed by atoms with Crippen LogP contribution >= 0.6 is 23.2 Å². The summed E-state index contributed by atoms with van der Waals surface area (Å²) in [5.41, 5.74) is 2.45. The molecule has 0 bridgehead atoms. The van der Waals surface area contributed by atoms with Gasteiger partial charge in [0.2, 0.25) is 0 Å². The van der Waals surface area contributed by atoms with E-state index in [-0.39, 0.29) is 12.7 Å². The van der Waals surface area contributed by atoms with Crippen molar-refractivity contribution in [3.05, 3.63) is 69.7 Å². The van der Waals surface area contributed by atoms with E-state index in [0.29, 0.717) is 22.4 Å². The van der Waals surface area contributed by atoms with E-state index in [0.717, 1.165) is 37.9 Å². The molecular formula is C21H24Cl2FN. The second-order valence-corrected chi connectivity index (χ2v) is 7.74. The fraction of sp³-hybridized carbons (Fsp3) is 0.429. The Hall–Kier alpha value is -1.09. The maximum Gasteiger partial charge on any atom is 0.105 e. The van der Waals surface area contributed by atoms with Crippen LogP contribution in [0.3, 0.4) is 0 Å². The summed E-state index contributed by atoms with van der Waals surface area (Å²) < 4.78 is 13.7. The van der Waals surface area contributed by atoms with Crippen molar-refractivity contribution in [3.63, 3.8) is 0 Å². The number of alkyl halides is 1. The third-order valence-electron chi connectivity index (χ3n) is 5.17. The molecule has 25 heavy (non-hydrogen) atoms. The van der Waals surface area contributed by atoms with Gasteiger partial charge in [0.05, 0.1) is 10.0 Å². The van der Waals surface area contributed by atoms with Crippen LogP contribution in [0.1, 0.15) is 24.0 Å². The molecule has 134 valence electrons. The number of benzene rings is 2. The SMILES string of the molecule is FCC(Cc1ccc(Cl)c(Cl)c1)N1CCC(Cc2ccccc2)CC1. The number of likely N-dealkylation sites (tertiary alicyclic amines) is 1. The van der Waals surface area contributed by atoms with Crippen LogP contribution in [0.25, 0.3) is 0 Å². The summed E-state index contributed by atoms with van der Waals surface area (Å²) in [6.45, 7) is 1.60. The minimum absolute atomic E-state index is 0.0742. The van der Waals surface area contributed by atoms with Crippen molar-refractivity contribution in [2.45, 2.75) is 31.7 Å². The molecule has 0 amide bonds. The number of hydrogen-bond acceptors (Lipinski definition) is 1. The van der Waals surface area contributed by atoms with Crippen molar-refractivity contribution in [2.24, 2.45) is 5.92 Å². The van der Waals surface area contributed by atoms with Crippen molar-refractivity contribution < 1.29 is 4.39 Å². The maximum atomic E-state index is 13.7. The fourth-order valence-electron chi connectivity index (χ4n) is 3.69. The number of piperidine rings is 1. The molecule has 1 aliphatic rings. The van der Waals surface area contributed by atoms with E-state index in [1.165, 1.54) is 5.56 Å². The van der Waals surface area contributed by atoms with E-state index in [2.05, 4.69) is 35.2 Å². The van der Waals surface area contributed by atoms with Crippen molar-refractivity contribution in [3.8, 4) is 0 Å². The van der Waals surface area contributed by atoms with E-state index in [9.17, 15) is 4.39 Å². The van der Waals surface area contributed by atoms with Gasteiger partial charge in [0.15, 0.2) is 0 Å². The summed E-state index contributed by atoms with van der Waals surface area (Å²) >= 11 is 12.0. The highest BCUT2D eigenvalue weighted by Gasteiger charge is 2.25. The van der Waals surface area contributed by atoms with Gasteiger partial charge < -0.3 is 0 Å². The lowest BCUT2D eigenvalue weighted by molar-refractivity contribution is 0.113. The van der Waals surface area contributed by atoms with Crippen molar-refractivity contribution in [1.82, 2.24) is 4.90 Å². The van der Waals surface area contributed by atoms with Gasteiger partial charge in [-0.25, -0.2) is 4.39 Å². The van der Waals surface area contributed by atoms with Crippen LogP contribution in [-0.4, -0.2) is 30.7 Å². The predicted octanol–water partition coefficient (Wildman–Crippen LogP) is 5.83. The molecule has 3 rings (SSSR count). The van der Waals surface area contributed by atoms with Gasteiger partial charge in [-0.05, 0) is 68.0 Å². The Morgan fingerprint density at radius 2 is 1.68 bits per heavy atom. The lowest BCUT2D eigenvalue weighted by Crippen LogP contribution is -2.44. The van der Waals surface area contributed by atoms with Gasteiger partial charge in [-0.2, -0.15) is 0 Å². The number of halogens is 3. The quantitative estimate of drug-likeness (QED) is 0.610. The molecule has 1 nitrogen and oxygen atoms in total. The first-order valence-corrected chi connectivity index (χ1v) is 9.69. The second kappa shape index (κ2) is 9.02. The predicted molar refractivity (Wildman–Crippen MR) is 104 cm³/mol. The van der Waals surface area contributed by atoms with E-state index in [1.54, 1.807) is 6.07 Å². The van der Waals surface area contributed by atoms with Gasteiger partial charge in [0.25, 0.3) is 0 Å². The van der Waals surface area contributed by atoms with E-state index < -0.39 is 0 Å². The molecule has 1 heterocycles. The Morgan fingerprint density at radius 3 is 2.32 bits per heavy atom. The molecule has 0 aliphatic carbocycles. The standard InChI is InChI=1S/C21H24Cl2FN/c22-20-7-6-18(14-21(20)23)13-19(15-24)25-10-8-17(9-11-25)12-16-4-2-1-3-5-16/h1-7,14,17,19H,8-13,15H2. The smallest absolute Gasteiger partial charge is 0.105 e. The third kappa shape index (κ3) is 5.20. The van der Waals surface area contributed by atoms with Crippen molar-refractivity contribution in [2.75, 3.05) is 19.8 Å². The summed E-state index contributed by atoms with van der Waals surface area (Å²) in [5.74, 6) is 0.698. The Morgan fingerprint density at radius 1 is 0.960 bits per heavy atom. The van der Waals surface area contributed by atoms with Gasteiger partial charge in [0, 0.05) is 6.04 Å². The third-order valence-corrected chi connectivity index (χ3v) is 5.91. The van der Waals surface area contributed by atoms with E-state index in [1.807, 2.05) is 12.1 Å². The first kappa shape index (κ1) is 18.7. The molecule has 1 fully saturated rings. The number of nitrogens with zero attached hydrogens (tertiary/aromatic N) is 1. The lowest BCUT2D eigenvalue weighted by atomic mass is 9.89. The molecule has 0 N–H and O–H groups in total. The van der Waals surface area contributed by atoms with E-state index >= 15 is 0 Å². The molecule has 1 saturated heterocycles. The van der Waals surface area contributed by atoms with Crippen LogP contribution in [0.15, 0.2) is 48.5 Å². The Balaban J connectivity index is 1.54. The topological polar surface area (TPSA) is 3.24 Å². The second-order valence-electron chi connectivity index (χ2n) is 6.93. The highest BCUT2D eigenvalue weighted by molar-refractivity contribution is 6.42. The molecule has 1 atom stereocenters. The summed E-state index contributed by atoms with van der Waals surface area (Å²) in [5, 5.41) is 1.09. The first-order valence-electron chi connectivity index (χ1n) is 8.93. The van der Waals surface area contributed by atoms with Gasteiger partial charge in [-0.3, -0.25) is 4.90 Å². The average Bonchev–Trinajstić information content (AvgIpc) is 2.64. The lowest BCUT2D eigenvalue weighted by Gasteiger charge is -2.36. The minimum Gasteiger partial charge on any atom is -0.297 e. The first-order chi connectivity index (χ1) is 12.2. The van der Waals surface area contributed by atoms with Crippen LogP contribution in [0.4, 0.5) is 4.39 Å². The van der Waals surface area contributed by atoms with Crippen LogP contribution in [0, 0.1) is 5.92 Å². The maximum absolute atomic E-state index is 13.7. The zero-order chi connectivity index (χ0) is 17.6. The molecule has 0 radical (unpaired) electrons. The molecule has 0 spiro atoms. The molecule has 4 heteroatoms. The molecular weight excluding hydrogens is 356 g/mol. The van der Waals surface area contributed by atoms with Crippen molar-refractivity contribution >= 4 is 23.2 Å². The summed E-state index contributed by atoms with van der Waals surface area (Å²) in [4.78, 5) is 2.30. The highest BCUT2D eigenvalue weighted by Crippen LogP contribution is 2.26. The van der Waals surface area contributed by atoms with E-state index in [4.69, 9.17) is 23.2 Å². The molecule has 0 aromatic heterocycles. The van der Waals surface area contributed by atoms with Gasteiger partial charge in [-0.15, -0.1) is 0 Å². The molecule has 2 aromatic rings. The van der Waals surface area contributed by atoms with Crippen LogP contribution < -0.4 is 0 Å². The fourth-order valence-corrected chi connectivity index (χ4v) is 4.01. The monoisotopic (exact) mass is 379 g/mol. The number of rotatable bonds is 6. The number of hydrogen-bond donors (Lipinski definition) is 0. The summed E-state index contributed by atoms with van der Waals surface area (Å²) in [6, 6.07) is 16.2. The van der Waals surface area contributed by atoms with Crippen LogP contribution in [0.5, 0.6) is 0 Å². The normalized spacial score (nSPS) is 17.6. The van der Waals surface area contributed by atoms with Gasteiger partial charge in [0.1, 0.15) is 6.67 Å². The zero-order valence-corrected chi connectivity index (χ0v) is 15.8. The highest BCUT2D eigenvalue weighted by atomic mass is 35.5. The average molecular weight is 380 g/mol. The largest absolute Gasteiger partial charge is 0.297 e. The minimum atomic E-state index is -0.330. The molecule has 2 aromatic carbocycles. The molecule has 1 unspecified atom stereocenters. The summed E-state index contributed by atoms with van der Waals surface area (Å²) in [6.07, 6.45) is 4.07. The van der Waals surface area contributed by atoms with Gasteiger partial charge in [-0.1, -0.05) is 59.6 Å². The van der Waals surface area contributed by atoms with Gasteiger partial charge >= 0.3 is 0 Å². The van der Waals surface area contributed by atoms with Crippen LogP contribution in [-0.2, 0) is 12.8 Å². The van der Waals surface area contributed by atoms with Crippen molar-refractivity contribution in [1.29, 1.82) is 0 Å². The zero-order valence-electron chi connectivity index (χ0n) is 14.3. The Labute approximate surface area is 159 Å². The Kier molecular flexibility index (Phi) is 6.75. The molecule has 0 saturated carbocycles.